The van der Waals surface area contributed by atoms with E-state index in [9.17, 15) is 9.90 Å². The summed E-state index contributed by atoms with van der Waals surface area (Å²) >= 11 is 7.35. The summed E-state index contributed by atoms with van der Waals surface area (Å²) in [5.74, 6) is 1.19. The quantitative estimate of drug-likeness (QED) is 0.745. The van der Waals surface area contributed by atoms with Crippen molar-refractivity contribution < 1.29 is 9.90 Å². The molecule has 2 nitrogen and oxygen atoms in total. The summed E-state index contributed by atoms with van der Waals surface area (Å²) in [6.07, 6.45) is 5.36. The Hall–Kier alpha value is 0.430. The van der Waals surface area contributed by atoms with Gasteiger partial charge >= 0.3 is 5.97 Å². The first-order valence-electron chi connectivity index (χ1n) is 5.57. The summed E-state index contributed by atoms with van der Waals surface area (Å²) in [4.78, 5) is 11.6. The molecular weight excluding hydrogens is 324 g/mol. The van der Waals surface area contributed by atoms with Crippen molar-refractivity contribution in [3.8, 4) is 0 Å². The van der Waals surface area contributed by atoms with E-state index in [1.54, 1.807) is 0 Å². The maximum atomic E-state index is 11.6. The molecule has 0 aromatic heterocycles. The van der Waals surface area contributed by atoms with Crippen LogP contribution in [0.5, 0.6) is 0 Å². The predicted octanol–water partition coefficient (Wildman–Crippen LogP) is 3.38. The lowest BCUT2D eigenvalue weighted by atomic mass is 9.49. The van der Waals surface area contributed by atoms with Crippen molar-refractivity contribution in [3.05, 3.63) is 0 Å². The number of carbonyl (C=O) groups is 1. The molecule has 4 bridgehead atoms. The SMILES string of the molecule is O=C(O)C12C[C@H]3CC(C[C@@H](C3)C1)C2(Br)Br. The van der Waals surface area contributed by atoms with Gasteiger partial charge in [-0.1, -0.05) is 31.9 Å². The molecule has 0 aliphatic heterocycles. The molecule has 84 valence electrons. The molecule has 0 spiro atoms. The fourth-order valence-electron chi connectivity index (χ4n) is 4.24. The topological polar surface area (TPSA) is 37.3 Å². The van der Waals surface area contributed by atoms with Gasteiger partial charge in [0.05, 0.1) is 8.65 Å². The zero-order valence-corrected chi connectivity index (χ0v) is 11.6. The van der Waals surface area contributed by atoms with Crippen molar-refractivity contribution in [2.45, 2.75) is 35.3 Å². The van der Waals surface area contributed by atoms with E-state index >= 15 is 0 Å². The maximum absolute atomic E-state index is 11.6. The monoisotopic (exact) mass is 336 g/mol. The molecule has 0 aromatic carbocycles. The van der Waals surface area contributed by atoms with Gasteiger partial charge in [-0.25, -0.2) is 0 Å². The summed E-state index contributed by atoms with van der Waals surface area (Å²) in [6, 6.07) is 0. The molecule has 0 saturated heterocycles. The van der Waals surface area contributed by atoms with Gasteiger partial charge in [-0.05, 0) is 49.9 Å². The first-order chi connectivity index (χ1) is 6.96. The van der Waals surface area contributed by atoms with Crippen molar-refractivity contribution in [1.82, 2.24) is 0 Å². The fourth-order valence-corrected chi connectivity index (χ4v) is 5.98. The van der Waals surface area contributed by atoms with Crippen LogP contribution in [0.25, 0.3) is 0 Å². The van der Waals surface area contributed by atoms with Crippen LogP contribution in [0.2, 0.25) is 0 Å². The molecule has 4 aliphatic carbocycles. The van der Waals surface area contributed by atoms with Gasteiger partial charge in [-0.15, -0.1) is 0 Å². The van der Waals surface area contributed by atoms with E-state index < -0.39 is 11.4 Å². The Morgan fingerprint density at radius 2 is 1.67 bits per heavy atom. The lowest BCUT2D eigenvalue weighted by molar-refractivity contribution is -0.164. The van der Waals surface area contributed by atoms with Gasteiger partial charge in [0.25, 0.3) is 0 Å². The first-order valence-corrected chi connectivity index (χ1v) is 7.15. The van der Waals surface area contributed by atoms with E-state index in [2.05, 4.69) is 31.9 Å². The number of aliphatic carboxylic acids is 1. The van der Waals surface area contributed by atoms with E-state index in [0.717, 1.165) is 12.8 Å². The van der Waals surface area contributed by atoms with Crippen LogP contribution in [0.3, 0.4) is 0 Å². The highest BCUT2D eigenvalue weighted by Gasteiger charge is 2.67. The Kier molecular flexibility index (Phi) is 2.12. The molecule has 0 radical (unpaired) electrons. The summed E-state index contributed by atoms with van der Waals surface area (Å²) in [7, 11) is 0. The number of halogens is 2. The molecule has 0 amide bonds. The van der Waals surface area contributed by atoms with Gasteiger partial charge in [0.2, 0.25) is 0 Å². The lowest BCUT2D eigenvalue weighted by Crippen LogP contribution is -2.61. The van der Waals surface area contributed by atoms with Crippen molar-refractivity contribution in [2.75, 3.05) is 0 Å². The second-order valence-electron chi connectivity index (χ2n) is 5.55. The highest BCUT2D eigenvalue weighted by atomic mass is 79.9. The molecule has 4 saturated carbocycles. The third-order valence-electron chi connectivity index (χ3n) is 4.74. The van der Waals surface area contributed by atoms with E-state index in [-0.39, 0.29) is 3.23 Å². The Bertz CT molecular complexity index is 313. The Morgan fingerprint density at radius 3 is 2.13 bits per heavy atom. The predicted molar refractivity (Wildman–Crippen MR) is 64.2 cm³/mol. The molecule has 0 heterocycles. The van der Waals surface area contributed by atoms with Gasteiger partial charge in [0, 0.05) is 0 Å². The number of carboxylic acid groups (broad SMARTS) is 1. The molecule has 4 fully saturated rings. The minimum absolute atomic E-state index is 0.355. The van der Waals surface area contributed by atoms with Gasteiger partial charge in [0.15, 0.2) is 0 Å². The van der Waals surface area contributed by atoms with Gasteiger partial charge in [0.1, 0.15) is 0 Å². The standard InChI is InChI=1S/C11H14Br2O2/c12-11(13)8-2-6-1-7(3-8)5-10(11,4-6)9(14)15/h6-8H,1-5H2,(H,14,15)/t6-,7-,8?,10?/m1/s1. The van der Waals surface area contributed by atoms with Crippen molar-refractivity contribution in [1.29, 1.82) is 0 Å². The molecule has 1 N–H and O–H groups in total. The highest BCUT2D eigenvalue weighted by Crippen LogP contribution is 2.69. The van der Waals surface area contributed by atoms with Crippen LogP contribution >= 0.6 is 31.9 Å². The summed E-state index contributed by atoms with van der Waals surface area (Å²) < 4.78 is -0.355. The van der Waals surface area contributed by atoms with E-state index in [0.29, 0.717) is 17.8 Å². The van der Waals surface area contributed by atoms with E-state index in [4.69, 9.17) is 0 Å². The minimum atomic E-state index is -0.615. The molecule has 0 unspecified atom stereocenters. The normalized spacial score (nSPS) is 50.7. The smallest absolute Gasteiger partial charge is 0.311 e. The van der Waals surface area contributed by atoms with Crippen LogP contribution in [0.1, 0.15) is 32.1 Å². The third kappa shape index (κ3) is 1.18. The molecule has 4 rings (SSSR count). The van der Waals surface area contributed by atoms with Gasteiger partial charge in [-0.2, -0.15) is 0 Å². The number of carboxylic acids is 1. The number of rotatable bonds is 1. The van der Waals surface area contributed by atoms with Crippen molar-refractivity contribution >= 4 is 37.8 Å². The molecule has 15 heavy (non-hydrogen) atoms. The zero-order chi connectivity index (χ0) is 10.8. The third-order valence-corrected chi connectivity index (χ3v) is 7.55. The van der Waals surface area contributed by atoms with Crippen molar-refractivity contribution in [2.24, 2.45) is 23.2 Å². The zero-order valence-electron chi connectivity index (χ0n) is 8.38. The van der Waals surface area contributed by atoms with Crippen LogP contribution in [0.4, 0.5) is 0 Å². The average molecular weight is 338 g/mol. The number of hydrogen-bond acceptors (Lipinski definition) is 1. The summed E-state index contributed by atoms with van der Waals surface area (Å²) in [6.45, 7) is 0. The second kappa shape index (κ2) is 3.00. The Morgan fingerprint density at radius 1 is 1.13 bits per heavy atom. The van der Waals surface area contributed by atoms with Gasteiger partial charge < -0.3 is 5.11 Å². The van der Waals surface area contributed by atoms with Crippen LogP contribution in [0.15, 0.2) is 0 Å². The average Bonchev–Trinajstić information content (AvgIpc) is 2.13. The Labute approximate surface area is 106 Å². The second-order valence-corrected chi connectivity index (χ2v) is 9.12. The summed E-state index contributed by atoms with van der Waals surface area (Å²) in [5.41, 5.74) is -0.554. The molecular formula is C11H14Br2O2. The molecule has 4 heteroatoms. The van der Waals surface area contributed by atoms with Crippen LogP contribution in [-0.4, -0.2) is 14.3 Å². The minimum Gasteiger partial charge on any atom is -0.481 e. The maximum Gasteiger partial charge on any atom is 0.311 e. The van der Waals surface area contributed by atoms with E-state index in [1.165, 1.54) is 19.3 Å². The summed E-state index contributed by atoms with van der Waals surface area (Å²) in [5, 5.41) is 9.55. The van der Waals surface area contributed by atoms with Crippen LogP contribution in [-0.2, 0) is 4.79 Å². The largest absolute Gasteiger partial charge is 0.481 e. The van der Waals surface area contributed by atoms with Crippen LogP contribution < -0.4 is 0 Å². The number of hydrogen-bond donors (Lipinski definition) is 1. The number of alkyl halides is 2. The van der Waals surface area contributed by atoms with Crippen molar-refractivity contribution in [3.63, 3.8) is 0 Å². The highest BCUT2D eigenvalue weighted by molar-refractivity contribution is 9.25. The fraction of sp³-hybridized carbons (Fsp3) is 0.909. The Balaban J connectivity index is 2.08. The lowest BCUT2D eigenvalue weighted by Gasteiger charge is -2.61. The molecule has 2 atom stereocenters. The van der Waals surface area contributed by atoms with Gasteiger partial charge in [-0.3, -0.25) is 4.79 Å². The molecule has 4 aliphatic rings. The van der Waals surface area contributed by atoms with E-state index in [1.807, 2.05) is 0 Å². The van der Waals surface area contributed by atoms with Crippen LogP contribution in [0, 0.1) is 23.2 Å². The molecule has 0 aromatic rings. The first kappa shape index (κ1) is 10.6.